The molecule has 4 amide bonds. The average Bonchev–Trinajstić information content (AvgIpc) is 2.87. The van der Waals surface area contributed by atoms with Crippen molar-refractivity contribution in [2.45, 2.75) is 37.9 Å². The lowest BCUT2D eigenvalue weighted by Gasteiger charge is -2.22. The zero-order chi connectivity index (χ0) is 27.4. The lowest BCUT2D eigenvalue weighted by atomic mass is 10.0. The van der Waals surface area contributed by atoms with Crippen molar-refractivity contribution in [2.75, 3.05) is 13.1 Å². The first-order chi connectivity index (χ1) is 17.5. The highest BCUT2D eigenvalue weighted by Crippen LogP contribution is 2.11. The molecule has 198 valence electrons. The van der Waals surface area contributed by atoms with Gasteiger partial charge in [0.2, 0.25) is 23.6 Å². The van der Waals surface area contributed by atoms with E-state index in [4.69, 9.17) is 10.8 Å². The van der Waals surface area contributed by atoms with Gasteiger partial charge in [0.15, 0.2) is 0 Å². The minimum Gasteiger partial charge on any atom is -0.508 e. The number of phenols is 1. The number of carboxylic acid groups (broad SMARTS) is 1. The SMILES string of the molecule is C[C@@H](NC(=O)[C@@H](N)Cc1ccc(O)cc1)C(=O)N[C@@H](Cc1ccccc1)C(=O)NCC(=O)NCC(=O)O. The summed E-state index contributed by atoms with van der Waals surface area (Å²) in [6.07, 6.45) is 0.291. The molecule has 3 atom stereocenters. The van der Waals surface area contributed by atoms with E-state index in [1.807, 2.05) is 0 Å². The van der Waals surface area contributed by atoms with E-state index in [0.717, 1.165) is 11.1 Å². The van der Waals surface area contributed by atoms with Gasteiger partial charge >= 0.3 is 5.97 Å². The van der Waals surface area contributed by atoms with Gasteiger partial charge in [-0.15, -0.1) is 0 Å². The predicted molar refractivity (Wildman–Crippen MR) is 133 cm³/mol. The van der Waals surface area contributed by atoms with Crippen molar-refractivity contribution < 1.29 is 34.2 Å². The third-order valence-corrected chi connectivity index (χ3v) is 5.26. The molecule has 37 heavy (non-hydrogen) atoms. The molecule has 12 heteroatoms. The molecule has 0 unspecified atom stereocenters. The molecule has 0 aliphatic carbocycles. The molecule has 0 spiro atoms. The Kier molecular flexibility index (Phi) is 11.0. The van der Waals surface area contributed by atoms with E-state index in [-0.39, 0.29) is 18.6 Å². The van der Waals surface area contributed by atoms with E-state index in [1.165, 1.54) is 19.1 Å². The molecule has 12 nitrogen and oxygen atoms in total. The molecule has 0 saturated heterocycles. The summed E-state index contributed by atoms with van der Waals surface area (Å²) in [4.78, 5) is 60.4. The van der Waals surface area contributed by atoms with Crippen molar-refractivity contribution in [1.29, 1.82) is 0 Å². The molecule has 8 N–H and O–H groups in total. The van der Waals surface area contributed by atoms with E-state index < -0.39 is 60.8 Å². The summed E-state index contributed by atoms with van der Waals surface area (Å²) in [7, 11) is 0. The molecular formula is C25H31N5O7. The summed E-state index contributed by atoms with van der Waals surface area (Å²) in [5.41, 5.74) is 7.42. The van der Waals surface area contributed by atoms with E-state index in [1.54, 1.807) is 42.5 Å². The molecule has 0 aromatic heterocycles. The second-order valence-electron chi connectivity index (χ2n) is 8.35. The van der Waals surface area contributed by atoms with Gasteiger partial charge < -0.3 is 37.2 Å². The van der Waals surface area contributed by atoms with Crippen LogP contribution in [0, 0.1) is 0 Å². The zero-order valence-corrected chi connectivity index (χ0v) is 20.3. The van der Waals surface area contributed by atoms with Gasteiger partial charge in [0.25, 0.3) is 0 Å². The van der Waals surface area contributed by atoms with Gasteiger partial charge in [-0.2, -0.15) is 0 Å². The van der Waals surface area contributed by atoms with Crippen molar-refractivity contribution in [3.05, 3.63) is 65.7 Å². The van der Waals surface area contributed by atoms with Crippen LogP contribution in [0.2, 0.25) is 0 Å². The lowest BCUT2D eigenvalue weighted by molar-refractivity contribution is -0.138. The number of carbonyl (C=O) groups is 5. The quantitative estimate of drug-likeness (QED) is 0.173. The summed E-state index contributed by atoms with van der Waals surface area (Å²) < 4.78 is 0. The van der Waals surface area contributed by atoms with Crippen LogP contribution in [-0.4, -0.2) is 71.0 Å². The highest BCUT2D eigenvalue weighted by atomic mass is 16.4. The summed E-state index contributed by atoms with van der Waals surface area (Å²) in [6.45, 7) is 0.369. The Labute approximate surface area is 213 Å². The average molecular weight is 514 g/mol. The number of carboxylic acids is 1. The second kappa shape index (κ2) is 14.2. The number of hydrogen-bond donors (Lipinski definition) is 7. The number of aliphatic carboxylic acids is 1. The van der Waals surface area contributed by atoms with Gasteiger partial charge in [0.05, 0.1) is 12.6 Å². The molecule has 2 rings (SSSR count). The molecule has 0 bridgehead atoms. The van der Waals surface area contributed by atoms with Gasteiger partial charge in [-0.25, -0.2) is 0 Å². The predicted octanol–water partition coefficient (Wildman–Crippen LogP) is -1.19. The number of nitrogens with one attached hydrogen (secondary N) is 4. The van der Waals surface area contributed by atoms with E-state index >= 15 is 0 Å². The highest BCUT2D eigenvalue weighted by molar-refractivity contribution is 5.94. The number of carbonyl (C=O) groups excluding carboxylic acids is 4. The summed E-state index contributed by atoms with van der Waals surface area (Å²) in [5, 5.41) is 27.6. The van der Waals surface area contributed by atoms with Crippen LogP contribution in [0.1, 0.15) is 18.1 Å². The maximum Gasteiger partial charge on any atom is 0.322 e. The number of benzene rings is 2. The van der Waals surface area contributed by atoms with Crippen molar-refractivity contribution in [3.8, 4) is 5.75 Å². The normalized spacial score (nSPS) is 12.9. The fraction of sp³-hybridized carbons (Fsp3) is 0.320. The number of rotatable bonds is 13. The Morgan fingerprint density at radius 2 is 1.41 bits per heavy atom. The first-order valence-electron chi connectivity index (χ1n) is 11.5. The molecule has 0 heterocycles. The Hall–Kier alpha value is -4.45. The minimum absolute atomic E-state index is 0.0852. The van der Waals surface area contributed by atoms with Crippen LogP contribution in [0.25, 0.3) is 0 Å². The lowest BCUT2D eigenvalue weighted by Crippen LogP contribution is -2.56. The van der Waals surface area contributed by atoms with E-state index in [9.17, 15) is 29.1 Å². The summed E-state index contributed by atoms with van der Waals surface area (Å²) in [5.74, 6) is -3.73. The van der Waals surface area contributed by atoms with Crippen LogP contribution < -0.4 is 27.0 Å². The zero-order valence-electron chi connectivity index (χ0n) is 20.3. The van der Waals surface area contributed by atoms with E-state index in [0.29, 0.717) is 0 Å². The van der Waals surface area contributed by atoms with E-state index in [2.05, 4.69) is 21.3 Å². The Morgan fingerprint density at radius 1 is 0.784 bits per heavy atom. The molecule has 0 fully saturated rings. The first kappa shape index (κ1) is 28.8. The summed E-state index contributed by atoms with van der Waals surface area (Å²) in [6, 6.07) is 12.0. The topological polar surface area (TPSA) is 200 Å². The molecule has 0 radical (unpaired) electrons. The van der Waals surface area contributed by atoms with Crippen LogP contribution in [0.15, 0.2) is 54.6 Å². The number of phenolic OH excluding ortho intramolecular Hbond substituents is 1. The van der Waals surface area contributed by atoms with Gasteiger partial charge in [-0.05, 0) is 36.6 Å². The number of hydrogen-bond acceptors (Lipinski definition) is 7. The maximum atomic E-state index is 12.8. The van der Waals surface area contributed by atoms with Crippen LogP contribution in [0.5, 0.6) is 5.75 Å². The van der Waals surface area contributed by atoms with Crippen molar-refractivity contribution in [3.63, 3.8) is 0 Å². The minimum atomic E-state index is -1.23. The second-order valence-corrected chi connectivity index (χ2v) is 8.35. The largest absolute Gasteiger partial charge is 0.508 e. The smallest absolute Gasteiger partial charge is 0.322 e. The van der Waals surface area contributed by atoms with Crippen molar-refractivity contribution >= 4 is 29.6 Å². The monoisotopic (exact) mass is 513 g/mol. The number of nitrogens with two attached hydrogens (primary N) is 1. The fourth-order valence-corrected chi connectivity index (χ4v) is 3.25. The van der Waals surface area contributed by atoms with Crippen molar-refractivity contribution in [2.24, 2.45) is 5.73 Å². The molecule has 2 aromatic rings. The Morgan fingerprint density at radius 3 is 2.03 bits per heavy atom. The summed E-state index contributed by atoms with van der Waals surface area (Å²) >= 11 is 0. The first-order valence-corrected chi connectivity index (χ1v) is 11.5. The fourth-order valence-electron chi connectivity index (χ4n) is 3.25. The molecule has 2 aromatic carbocycles. The van der Waals surface area contributed by atoms with Crippen LogP contribution in [0.3, 0.4) is 0 Å². The third kappa shape index (κ3) is 10.4. The van der Waals surface area contributed by atoms with Crippen molar-refractivity contribution in [1.82, 2.24) is 21.3 Å². The van der Waals surface area contributed by atoms with Crippen LogP contribution in [0.4, 0.5) is 0 Å². The maximum absolute atomic E-state index is 12.8. The van der Waals surface area contributed by atoms with Gasteiger partial charge in [0.1, 0.15) is 24.4 Å². The van der Waals surface area contributed by atoms with Gasteiger partial charge in [-0.3, -0.25) is 24.0 Å². The van der Waals surface area contributed by atoms with Crippen LogP contribution in [-0.2, 0) is 36.8 Å². The molecule has 0 aliphatic heterocycles. The molecule has 0 aliphatic rings. The Bertz CT molecular complexity index is 1090. The van der Waals surface area contributed by atoms with Crippen LogP contribution >= 0.6 is 0 Å². The highest BCUT2D eigenvalue weighted by Gasteiger charge is 2.26. The Balaban J connectivity index is 1.97. The third-order valence-electron chi connectivity index (χ3n) is 5.26. The standard InChI is InChI=1S/C25H31N5O7/c1-15(29-24(36)19(26)11-17-7-9-18(31)10-8-17)23(35)30-20(12-16-5-3-2-4-6-16)25(37)28-13-21(32)27-14-22(33)34/h2-10,15,19-20,31H,11-14,26H2,1H3,(H,27,32)(H,28,37)(H,29,36)(H,30,35)(H,33,34)/t15-,19+,20+/m1/s1. The van der Waals surface area contributed by atoms with Gasteiger partial charge in [0, 0.05) is 6.42 Å². The molecule has 0 saturated carbocycles. The van der Waals surface area contributed by atoms with Gasteiger partial charge in [-0.1, -0.05) is 42.5 Å². The number of aromatic hydroxyl groups is 1. The molecular weight excluding hydrogens is 482 g/mol. The number of amides is 4.